The van der Waals surface area contributed by atoms with Gasteiger partial charge in [0.15, 0.2) is 5.75 Å². The lowest BCUT2D eigenvalue weighted by molar-refractivity contribution is -0.214. The summed E-state index contributed by atoms with van der Waals surface area (Å²) < 4.78 is 68.2. The predicted molar refractivity (Wildman–Crippen MR) is 144 cm³/mol. The fourth-order valence-electron chi connectivity index (χ4n) is 4.06. The molecule has 0 radical (unpaired) electrons. The first-order valence-electron chi connectivity index (χ1n) is 12.7. The van der Waals surface area contributed by atoms with Crippen molar-refractivity contribution >= 4 is 21.7 Å². The molecule has 10 heteroatoms. The van der Waals surface area contributed by atoms with Crippen molar-refractivity contribution in [2.45, 2.75) is 64.5 Å². The van der Waals surface area contributed by atoms with Crippen LogP contribution in [-0.2, 0) is 25.9 Å². The molecular weight excluding hydrogens is 531 g/mol. The number of alkyl halides is 3. The zero-order chi connectivity index (χ0) is 28.8. The second-order valence-electron chi connectivity index (χ2n) is 9.17. The number of benzene rings is 3. The van der Waals surface area contributed by atoms with Crippen LogP contribution < -0.4 is 9.19 Å². The average molecular weight is 564 g/mol. The Morgan fingerprint density at radius 1 is 0.949 bits per heavy atom. The minimum atomic E-state index is -4.45. The average Bonchev–Trinajstić information content (AvgIpc) is 2.88. The van der Waals surface area contributed by atoms with Crippen molar-refractivity contribution in [3.63, 3.8) is 0 Å². The van der Waals surface area contributed by atoms with Crippen LogP contribution in [0.5, 0.6) is 5.75 Å². The number of carbonyl (C=O) groups excluding carboxylic acids is 1. The number of carbonyl (C=O) groups is 1. The molecule has 3 aromatic carbocycles. The molecule has 0 bridgehead atoms. The molecule has 0 aliphatic carbocycles. The maximum Gasteiger partial charge on any atom is 0.416 e. The van der Waals surface area contributed by atoms with Crippen LogP contribution in [-0.4, -0.2) is 20.9 Å². The number of hydrogen-bond donors (Lipinski definition) is 0. The summed E-state index contributed by atoms with van der Waals surface area (Å²) in [6.45, 7) is 7.39. The van der Waals surface area contributed by atoms with Gasteiger partial charge >= 0.3 is 12.1 Å². The Balaban J connectivity index is 1.99. The smallest absolute Gasteiger partial charge is 0.287 e. The Labute approximate surface area is 227 Å². The summed E-state index contributed by atoms with van der Waals surface area (Å²) in [5.41, 5.74) is 1.95. The van der Waals surface area contributed by atoms with Crippen LogP contribution in [0.4, 0.5) is 18.9 Å². The molecule has 0 unspecified atom stereocenters. The van der Waals surface area contributed by atoms with Crippen LogP contribution in [0.3, 0.4) is 0 Å². The first-order chi connectivity index (χ1) is 18.4. The van der Waals surface area contributed by atoms with E-state index in [4.69, 9.17) is 9.78 Å². The third kappa shape index (κ3) is 7.11. The van der Waals surface area contributed by atoms with Gasteiger partial charge in [-0.1, -0.05) is 44.5 Å². The van der Waals surface area contributed by atoms with E-state index in [1.165, 1.54) is 34.6 Å². The van der Waals surface area contributed by atoms with Crippen molar-refractivity contribution in [1.29, 1.82) is 0 Å². The lowest BCUT2D eigenvalue weighted by Gasteiger charge is -2.27. The van der Waals surface area contributed by atoms with E-state index in [0.717, 1.165) is 18.6 Å². The van der Waals surface area contributed by atoms with Gasteiger partial charge in [0.2, 0.25) is 0 Å². The molecule has 0 aliphatic rings. The van der Waals surface area contributed by atoms with E-state index in [1.807, 2.05) is 13.8 Å². The SMILES string of the molecule is CCCCN(c1cccc(-c2ccc(C(F)(F)F)cc2)c1C)S(=O)(=O)c1ccc(OOC(=O)CCC)c(C)c1. The van der Waals surface area contributed by atoms with Crippen molar-refractivity contribution in [1.82, 2.24) is 0 Å². The second-order valence-corrected chi connectivity index (χ2v) is 11.0. The first kappa shape index (κ1) is 30.0. The fourth-order valence-corrected chi connectivity index (χ4v) is 5.70. The van der Waals surface area contributed by atoms with Gasteiger partial charge in [-0.05, 0) is 85.3 Å². The highest BCUT2D eigenvalue weighted by Crippen LogP contribution is 2.36. The van der Waals surface area contributed by atoms with Gasteiger partial charge in [0.25, 0.3) is 10.0 Å². The quantitative estimate of drug-likeness (QED) is 0.177. The maximum absolute atomic E-state index is 13.9. The third-order valence-electron chi connectivity index (χ3n) is 6.22. The van der Waals surface area contributed by atoms with E-state index in [0.29, 0.717) is 40.8 Å². The summed E-state index contributed by atoms with van der Waals surface area (Å²) >= 11 is 0. The highest BCUT2D eigenvalue weighted by molar-refractivity contribution is 7.92. The number of rotatable bonds is 11. The van der Waals surface area contributed by atoms with Crippen LogP contribution in [0.1, 0.15) is 56.2 Å². The van der Waals surface area contributed by atoms with Crippen LogP contribution in [0.25, 0.3) is 11.1 Å². The molecule has 0 aromatic heterocycles. The summed E-state index contributed by atoms with van der Waals surface area (Å²) in [4.78, 5) is 21.5. The lowest BCUT2D eigenvalue weighted by atomic mass is 9.98. The minimum absolute atomic E-state index is 0.0303. The van der Waals surface area contributed by atoms with E-state index >= 15 is 0 Å². The van der Waals surface area contributed by atoms with Gasteiger partial charge in [-0.25, -0.2) is 13.2 Å². The number of hydrogen-bond acceptors (Lipinski definition) is 5. The first-order valence-corrected chi connectivity index (χ1v) is 14.1. The highest BCUT2D eigenvalue weighted by Gasteiger charge is 2.30. The number of sulfonamides is 1. The molecule has 3 aromatic rings. The van der Waals surface area contributed by atoms with Crippen LogP contribution in [0.2, 0.25) is 0 Å². The lowest BCUT2D eigenvalue weighted by Crippen LogP contribution is -2.32. The number of halogens is 3. The van der Waals surface area contributed by atoms with E-state index in [2.05, 4.69) is 0 Å². The number of nitrogens with zero attached hydrogens (tertiary/aromatic N) is 1. The topological polar surface area (TPSA) is 72.9 Å². The molecule has 0 saturated heterocycles. The van der Waals surface area contributed by atoms with Gasteiger partial charge in [-0.3, -0.25) is 14.1 Å². The summed E-state index contributed by atoms with van der Waals surface area (Å²) in [6.07, 6.45) is -2.31. The Morgan fingerprint density at radius 3 is 2.23 bits per heavy atom. The summed E-state index contributed by atoms with van der Waals surface area (Å²) in [5, 5.41) is 0. The monoisotopic (exact) mass is 563 g/mol. The number of anilines is 1. The van der Waals surface area contributed by atoms with Crippen molar-refractivity contribution in [2.75, 3.05) is 10.8 Å². The van der Waals surface area contributed by atoms with E-state index in [1.54, 1.807) is 32.0 Å². The van der Waals surface area contributed by atoms with Crippen molar-refractivity contribution in [3.8, 4) is 16.9 Å². The van der Waals surface area contributed by atoms with Gasteiger partial charge in [0, 0.05) is 13.0 Å². The Morgan fingerprint density at radius 2 is 1.64 bits per heavy atom. The summed E-state index contributed by atoms with van der Waals surface area (Å²) in [7, 11) is -4.03. The molecule has 0 fully saturated rings. The molecule has 0 atom stereocenters. The van der Waals surface area contributed by atoms with Gasteiger partial charge in [-0.15, -0.1) is 0 Å². The van der Waals surface area contributed by atoms with E-state index < -0.39 is 27.7 Å². The molecule has 0 saturated carbocycles. The summed E-state index contributed by atoms with van der Waals surface area (Å²) in [6, 6.07) is 14.2. The molecule has 0 aliphatic heterocycles. The Bertz CT molecular complexity index is 1400. The van der Waals surface area contributed by atoms with Crippen molar-refractivity contribution in [3.05, 3.63) is 77.4 Å². The normalized spacial score (nSPS) is 11.8. The predicted octanol–water partition coefficient (Wildman–Crippen LogP) is 7.62. The van der Waals surface area contributed by atoms with Crippen LogP contribution in [0, 0.1) is 13.8 Å². The van der Waals surface area contributed by atoms with Crippen LogP contribution in [0.15, 0.2) is 65.6 Å². The molecule has 0 amide bonds. The van der Waals surface area contributed by atoms with E-state index in [9.17, 15) is 26.4 Å². The molecular formula is C29H32F3NO5S. The van der Waals surface area contributed by atoms with Gasteiger partial charge in [-0.2, -0.15) is 13.2 Å². The van der Waals surface area contributed by atoms with Gasteiger partial charge in [0.05, 0.1) is 16.1 Å². The van der Waals surface area contributed by atoms with Gasteiger partial charge < -0.3 is 0 Å². The molecule has 39 heavy (non-hydrogen) atoms. The number of aryl methyl sites for hydroxylation is 1. The number of unbranched alkanes of at least 4 members (excludes halogenated alkanes) is 1. The zero-order valence-corrected chi connectivity index (χ0v) is 23.2. The van der Waals surface area contributed by atoms with Crippen molar-refractivity contribution in [2.24, 2.45) is 0 Å². The molecule has 0 heterocycles. The molecule has 0 N–H and O–H groups in total. The fraction of sp³-hybridized carbons (Fsp3) is 0.345. The Kier molecular flexibility index (Phi) is 9.66. The Hall–Kier alpha value is -3.53. The third-order valence-corrected chi connectivity index (χ3v) is 8.03. The van der Waals surface area contributed by atoms with Crippen LogP contribution >= 0.6 is 0 Å². The summed E-state index contributed by atoms with van der Waals surface area (Å²) in [5.74, 6) is -0.304. The molecule has 210 valence electrons. The molecule has 0 spiro atoms. The molecule has 6 nitrogen and oxygen atoms in total. The standard InChI is InChI=1S/C29H32F3NO5S/c1-5-7-18-33(39(35,36)24-16-17-27(20(3)19-24)37-38-28(34)9-6-2)26-11-8-10-25(21(26)4)22-12-14-23(15-13-22)29(30,31)32/h8,10-17,19H,5-7,9,18H2,1-4H3. The van der Waals surface area contributed by atoms with E-state index in [-0.39, 0.29) is 23.6 Å². The van der Waals surface area contributed by atoms with Gasteiger partial charge in [0.1, 0.15) is 0 Å². The zero-order valence-electron chi connectivity index (χ0n) is 22.3. The van der Waals surface area contributed by atoms with Crippen molar-refractivity contribution < 1.29 is 36.2 Å². The second kappa shape index (κ2) is 12.5. The highest BCUT2D eigenvalue weighted by atomic mass is 32.2. The minimum Gasteiger partial charge on any atom is -0.287 e. The largest absolute Gasteiger partial charge is 0.416 e. The molecule has 3 rings (SSSR count). The maximum atomic E-state index is 13.9.